The molecule has 0 atom stereocenters. The fourth-order valence-corrected chi connectivity index (χ4v) is 3.38. The van der Waals surface area contributed by atoms with Gasteiger partial charge in [-0.1, -0.05) is 23.9 Å². The Bertz CT molecular complexity index is 1010. The van der Waals surface area contributed by atoms with Crippen molar-refractivity contribution in [3.05, 3.63) is 64.0 Å². The lowest BCUT2D eigenvalue weighted by molar-refractivity contribution is 0.466. The lowest BCUT2D eigenvalue weighted by Gasteiger charge is -2.02. The Kier molecular flexibility index (Phi) is 3.68. The third-order valence-corrected chi connectivity index (χ3v) is 4.82. The first-order valence-electron chi connectivity index (χ1n) is 6.77. The number of hydrogen-bond acceptors (Lipinski definition) is 7. The van der Waals surface area contributed by atoms with Gasteiger partial charge < -0.3 is 4.42 Å². The van der Waals surface area contributed by atoms with Gasteiger partial charge in [0.05, 0.1) is 10.6 Å². The molecule has 0 aliphatic carbocycles. The molecule has 0 aliphatic rings. The summed E-state index contributed by atoms with van der Waals surface area (Å²) in [6.45, 7) is 0. The Hall–Kier alpha value is -2.45. The summed E-state index contributed by atoms with van der Waals surface area (Å²) in [5, 5.41) is 10.5. The molecule has 0 spiro atoms. The van der Waals surface area contributed by atoms with Gasteiger partial charge in [0.15, 0.2) is 0 Å². The van der Waals surface area contributed by atoms with E-state index in [1.54, 1.807) is 29.7 Å². The lowest BCUT2D eigenvalue weighted by Crippen LogP contribution is -2.14. The highest BCUT2D eigenvalue weighted by molar-refractivity contribution is 7.98. The third kappa shape index (κ3) is 2.90. The fourth-order valence-electron chi connectivity index (χ4n) is 2.08. The first-order valence-corrected chi connectivity index (χ1v) is 8.64. The van der Waals surface area contributed by atoms with E-state index in [2.05, 4.69) is 15.2 Å². The van der Waals surface area contributed by atoms with Crippen LogP contribution in [0.15, 0.2) is 62.4 Å². The van der Waals surface area contributed by atoms with Crippen LogP contribution in [0.25, 0.3) is 16.4 Å². The van der Waals surface area contributed by atoms with E-state index in [1.165, 1.54) is 22.2 Å². The number of aromatic nitrogens is 4. The van der Waals surface area contributed by atoms with Crippen molar-refractivity contribution in [3.8, 4) is 10.8 Å². The topological polar surface area (TPSA) is 73.3 Å². The van der Waals surface area contributed by atoms with Crippen molar-refractivity contribution < 1.29 is 4.42 Å². The highest BCUT2D eigenvalue weighted by Gasteiger charge is 2.11. The zero-order valence-electron chi connectivity index (χ0n) is 11.7. The van der Waals surface area contributed by atoms with Crippen molar-refractivity contribution in [1.82, 2.24) is 19.6 Å². The van der Waals surface area contributed by atoms with Gasteiger partial charge in [-0.3, -0.25) is 9.20 Å². The Morgan fingerprint density at radius 2 is 2.17 bits per heavy atom. The zero-order chi connectivity index (χ0) is 15.6. The molecule has 4 rings (SSSR count). The zero-order valence-corrected chi connectivity index (χ0v) is 13.4. The van der Waals surface area contributed by atoms with Gasteiger partial charge in [-0.15, -0.1) is 21.5 Å². The van der Waals surface area contributed by atoms with Crippen LogP contribution < -0.4 is 5.56 Å². The molecule has 0 aromatic carbocycles. The van der Waals surface area contributed by atoms with Gasteiger partial charge in [0, 0.05) is 18.0 Å². The second kappa shape index (κ2) is 5.98. The molecule has 0 radical (unpaired) electrons. The Labute approximate surface area is 138 Å². The second-order valence-electron chi connectivity index (χ2n) is 4.65. The maximum absolute atomic E-state index is 12.0. The smallest absolute Gasteiger partial charge is 0.277 e. The average molecular weight is 342 g/mol. The molecule has 23 heavy (non-hydrogen) atoms. The first kappa shape index (κ1) is 14.2. The van der Waals surface area contributed by atoms with E-state index in [1.807, 2.05) is 23.6 Å². The van der Waals surface area contributed by atoms with Crippen LogP contribution in [-0.2, 0) is 5.75 Å². The Morgan fingerprint density at radius 3 is 3.04 bits per heavy atom. The number of rotatable bonds is 4. The summed E-state index contributed by atoms with van der Waals surface area (Å²) in [6.07, 6.45) is 1.70. The van der Waals surface area contributed by atoms with Crippen LogP contribution in [-0.4, -0.2) is 19.6 Å². The normalized spacial score (nSPS) is 11.1. The van der Waals surface area contributed by atoms with Gasteiger partial charge in [0.1, 0.15) is 5.65 Å². The van der Waals surface area contributed by atoms with Crippen molar-refractivity contribution in [2.45, 2.75) is 11.0 Å². The van der Waals surface area contributed by atoms with Gasteiger partial charge in [-0.2, -0.15) is 0 Å². The maximum atomic E-state index is 12.0. The van der Waals surface area contributed by atoms with E-state index in [9.17, 15) is 4.79 Å². The minimum absolute atomic E-state index is 0.101. The van der Waals surface area contributed by atoms with Gasteiger partial charge >= 0.3 is 0 Å². The van der Waals surface area contributed by atoms with Gasteiger partial charge in [0.2, 0.25) is 0 Å². The second-order valence-corrected chi connectivity index (χ2v) is 6.53. The van der Waals surface area contributed by atoms with Crippen LogP contribution in [0.1, 0.15) is 5.69 Å². The van der Waals surface area contributed by atoms with Crippen molar-refractivity contribution >= 4 is 28.7 Å². The maximum Gasteiger partial charge on any atom is 0.277 e. The molecule has 0 saturated carbocycles. The summed E-state index contributed by atoms with van der Waals surface area (Å²) in [7, 11) is 0. The van der Waals surface area contributed by atoms with E-state index in [-0.39, 0.29) is 5.56 Å². The molecule has 0 saturated heterocycles. The van der Waals surface area contributed by atoms with Crippen molar-refractivity contribution in [2.75, 3.05) is 0 Å². The summed E-state index contributed by atoms with van der Waals surface area (Å²) >= 11 is 2.91. The van der Waals surface area contributed by atoms with Gasteiger partial charge in [-0.25, -0.2) is 4.98 Å². The van der Waals surface area contributed by atoms with Crippen molar-refractivity contribution in [3.63, 3.8) is 0 Å². The molecular weight excluding hydrogens is 332 g/mol. The predicted octanol–water partition coefficient (Wildman–Crippen LogP) is 3.10. The minimum Gasteiger partial charge on any atom is -0.410 e. The van der Waals surface area contributed by atoms with Crippen molar-refractivity contribution in [2.24, 2.45) is 0 Å². The van der Waals surface area contributed by atoms with Crippen LogP contribution >= 0.6 is 23.1 Å². The average Bonchev–Trinajstić information content (AvgIpc) is 3.24. The largest absolute Gasteiger partial charge is 0.410 e. The fraction of sp³-hybridized carbons (Fsp3) is 0.0667. The Balaban J connectivity index is 1.54. The summed E-state index contributed by atoms with van der Waals surface area (Å²) in [5.74, 6) is 1.00. The predicted molar refractivity (Wildman–Crippen MR) is 88.6 cm³/mol. The summed E-state index contributed by atoms with van der Waals surface area (Å²) in [5.41, 5.74) is 1.21. The highest BCUT2D eigenvalue weighted by Crippen LogP contribution is 2.27. The number of fused-ring (bicyclic) bond motifs is 1. The number of nitrogens with zero attached hydrogens (tertiary/aromatic N) is 4. The highest BCUT2D eigenvalue weighted by atomic mass is 32.2. The molecule has 0 bridgehead atoms. The SMILES string of the molecule is O=c1cc(CSc2nnc(-c3cccs3)o2)nc2ccccn12. The summed E-state index contributed by atoms with van der Waals surface area (Å²) in [4.78, 5) is 17.4. The lowest BCUT2D eigenvalue weighted by atomic mass is 10.4. The van der Waals surface area contributed by atoms with Crippen LogP contribution in [0.3, 0.4) is 0 Å². The van der Waals surface area contributed by atoms with E-state index in [0.717, 1.165) is 4.88 Å². The van der Waals surface area contributed by atoms with Crippen LogP contribution in [0.2, 0.25) is 0 Å². The van der Waals surface area contributed by atoms with E-state index < -0.39 is 0 Å². The Morgan fingerprint density at radius 1 is 1.22 bits per heavy atom. The standard InChI is InChI=1S/C15H10N4O2S2/c20-13-8-10(16-12-5-1-2-6-19(12)13)9-23-15-18-17-14(21-15)11-4-3-7-22-11/h1-8H,9H2. The molecule has 0 unspecified atom stereocenters. The van der Waals surface area contributed by atoms with E-state index in [0.29, 0.717) is 28.2 Å². The number of hydrogen-bond donors (Lipinski definition) is 0. The number of thioether (sulfide) groups is 1. The van der Waals surface area contributed by atoms with E-state index >= 15 is 0 Å². The molecule has 4 heterocycles. The van der Waals surface area contributed by atoms with Gasteiger partial charge in [-0.05, 0) is 23.6 Å². The molecule has 0 amide bonds. The molecule has 0 N–H and O–H groups in total. The molecule has 0 aliphatic heterocycles. The summed E-state index contributed by atoms with van der Waals surface area (Å²) in [6, 6.07) is 10.8. The number of thiophene rings is 1. The van der Waals surface area contributed by atoms with Gasteiger partial charge in [0.25, 0.3) is 16.7 Å². The third-order valence-electron chi connectivity index (χ3n) is 3.11. The van der Waals surface area contributed by atoms with Crippen LogP contribution in [0.5, 0.6) is 0 Å². The molecule has 0 fully saturated rings. The molecule has 4 aromatic heterocycles. The van der Waals surface area contributed by atoms with Crippen molar-refractivity contribution in [1.29, 1.82) is 0 Å². The first-order chi connectivity index (χ1) is 11.3. The van der Waals surface area contributed by atoms with Crippen LogP contribution in [0, 0.1) is 0 Å². The summed E-state index contributed by atoms with van der Waals surface area (Å²) < 4.78 is 7.12. The van der Waals surface area contributed by atoms with Crippen LogP contribution in [0.4, 0.5) is 0 Å². The molecule has 6 nitrogen and oxygen atoms in total. The molecular formula is C15H10N4O2S2. The number of pyridine rings is 1. The quantitative estimate of drug-likeness (QED) is 0.531. The monoisotopic (exact) mass is 342 g/mol. The molecule has 8 heteroatoms. The molecule has 114 valence electrons. The minimum atomic E-state index is -0.101. The molecule has 4 aromatic rings. The van der Waals surface area contributed by atoms with E-state index in [4.69, 9.17) is 4.42 Å².